The normalized spacial score (nSPS) is 14.8. The Labute approximate surface area is 242 Å². The Morgan fingerprint density at radius 2 is 1.55 bits per heavy atom. The number of benzene rings is 3. The third-order valence-electron chi connectivity index (χ3n) is 7.32. The number of aryl methyl sites for hydroxylation is 1. The highest BCUT2D eigenvalue weighted by Crippen LogP contribution is 2.25. The lowest BCUT2D eigenvalue weighted by atomic mass is 9.95. The second-order valence-corrected chi connectivity index (χ2v) is 12.6. The van der Waals surface area contributed by atoms with Crippen LogP contribution in [0.2, 0.25) is 5.02 Å². The van der Waals surface area contributed by atoms with E-state index < -0.39 is 28.5 Å². The quantitative estimate of drug-likeness (QED) is 0.332. The molecule has 3 aromatic carbocycles. The summed E-state index contributed by atoms with van der Waals surface area (Å²) in [6.45, 7) is 3.26. The molecule has 1 fully saturated rings. The van der Waals surface area contributed by atoms with Gasteiger partial charge in [0.25, 0.3) is 10.0 Å². The summed E-state index contributed by atoms with van der Waals surface area (Å²) < 4.78 is 28.7. The van der Waals surface area contributed by atoms with Gasteiger partial charge in [0.05, 0.1) is 10.6 Å². The maximum atomic E-state index is 14.0. The van der Waals surface area contributed by atoms with Gasteiger partial charge in [-0.3, -0.25) is 13.9 Å². The molecular weight excluding hydrogens is 546 g/mol. The van der Waals surface area contributed by atoms with Crippen molar-refractivity contribution in [1.29, 1.82) is 0 Å². The highest BCUT2D eigenvalue weighted by Gasteiger charge is 2.33. The molecule has 0 bridgehead atoms. The fraction of sp³-hybridized carbons (Fsp3) is 0.355. The number of nitrogens with zero attached hydrogens (tertiary/aromatic N) is 2. The van der Waals surface area contributed by atoms with Crippen LogP contribution in [-0.2, 0) is 26.2 Å². The van der Waals surface area contributed by atoms with Gasteiger partial charge in [0.1, 0.15) is 12.6 Å². The van der Waals surface area contributed by atoms with Crippen LogP contribution in [0.15, 0.2) is 83.8 Å². The number of hydrogen-bond donors (Lipinski definition) is 1. The van der Waals surface area contributed by atoms with Gasteiger partial charge in [-0.25, -0.2) is 8.42 Å². The van der Waals surface area contributed by atoms with Crippen LogP contribution in [0.4, 0.5) is 5.69 Å². The van der Waals surface area contributed by atoms with Crippen LogP contribution in [0, 0.1) is 6.92 Å². The topological polar surface area (TPSA) is 86.8 Å². The number of sulfonamides is 1. The maximum Gasteiger partial charge on any atom is 0.264 e. The number of nitrogens with one attached hydrogen (secondary N) is 1. The van der Waals surface area contributed by atoms with Gasteiger partial charge in [-0.2, -0.15) is 0 Å². The Morgan fingerprint density at radius 1 is 0.925 bits per heavy atom. The van der Waals surface area contributed by atoms with E-state index in [1.165, 1.54) is 17.0 Å². The largest absolute Gasteiger partial charge is 0.352 e. The van der Waals surface area contributed by atoms with E-state index in [1.54, 1.807) is 73.7 Å². The highest BCUT2D eigenvalue weighted by atomic mass is 35.5. The Kier molecular flexibility index (Phi) is 9.87. The SMILES string of the molecule is Cc1ccc(N(CC(=O)N(Cc2ccc(Cl)cc2)[C@@H](C)C(=O)NC2CCCCC2)S(=O)(=O)c2ccccc2)cc1. The van der Waals surface area contributed by atoms with Crippen molar-refractivity contribution in [3.05, 3.63) is 95.0 Å². The summed E-state index contributed by atoms with van der Waals surface area (Å²) in [6, 6.07) is 21.3. The molecule has 7 nitrogen and oxygen atoms in total. The molecule has 0 saturated heterocycles. The van der Waals surface area contributed by atoms with Crippen LogP contribution in [-0.4, -0.2) is 43.8 Å². The van der Waals surface area contributed by atoms with Gasteiger partial charge in [0.2, 0.25) is 11.8 Å². The standard InChI is InChI=1S/C31H36ClN3O4S/c1-23-13-19-28(20-14-23)35(40(38,39)29-11-7-4-8-12-29)22-30(36)34(21-25-15-17-26(32)18-16-25)24(2)31(37)33-27-9-5-3-6-10-27/h4,7-8,11-20,24,27H,3,5-6,9-10,21-22H2,1-2H3,(H,33,37)/t24-/m0/s1. The minimum absolute atomic E-state index is 0.0794. The van der Waals surface area contributed by atoms with Gasteiger partial charge in [0.15, 0.2) is 0 Å². The summed E-state index contributed by atoms with van der Waals surface area (Å²) >= 11 is 6.07. The first kappa shape index (κ1) is 29.6. The highest BCUT2D eigenvalue weighted by molar-refractivity contribution is 7.92. The predicted molar refractivity (Wildman–Crippen MR) is 159 cm³/mol. The van der Waals surface area contributed by atoms with Gasteiger partial charge < -0.3 is 10.2 Å². The fourth-order valence-electron chi connectivity index (χ4n) is 4.90. The van der Waals surface area contributed by atoms with E-state index in [9.17, 15) is 18.0 Å². The summed E-state index contributed by atoms with van der Waals surface area (Å²) in [5.41, 5.74) is 2.11. The minimum atomic E-state index is -4.07. The summed E-state index contributed by atoms with van der Waals surface area (Å²) in [7, 11) is -4.07. The zero-order valence-electron chi connectivity index (χ0n) is 22.9. The first-order chi connectivity index (χ1) is 19.1. The number of halogens is 1. The second kappa shape index (κ2) is 13.3. The lowest BCUT2D eigenvalue weighted by Gasteiger charge is -2.33. The number of rotatable bonds is 10. The van der Waals surface area contributed by atoms with E-state index in [-0.39, 0.29) is 23.4 Å². The molecule has 0 aromatic heterocycles. The van der Waals surface area contributed by atoms with Crippen molar-refractivity contribution < 1.29 is 18.0 Å². The average Bonchev–Trinajstić information content (AvgIpc) is 2.96. The van der Waals surface area contributed by atoms with Gasteiger partial charge in [0, 0.05) is 17.6 Å². The number of anilines is 1. The van der Waals surface area contributed by atoms with Crippen molar-refractivity contribution in [2.75, 3.05) is 10.8 Å². The molecule has 1 aliphatic carbocycles. The average molecular weight is 582 g/mol. The summed E-state index contributed by atoms with van der Waals surface area (Å²) in [6.07, 6.45) is 5.12. The first-order valence-electron chi connectivity index (χ1n) is 13.6. The Hall–Kier alpha value is -3.36. The number of hydrogen-bond acceptors (Lipinski definition) is 4. The van der Waals surface area contributed by atoms with E-state index in [2.05, 4.69) is 5.32 Å². The third kappa shape index (κ3) is 7.43. The minimum Gasteiger partial charge on any atom is -0.352 e. The van der Waals surface area contributed by atoms with Gasteiger partial charge in [-0.05, 0) is 68.7 Å². The van der Waals surface area contributed by atoms with Crippen LogP contribution < -0.4 is 9.62 Å². The molecule has 1 aliphatic rings. The molecule has 2 amide bonds. The number of amides is 2. The van der Waals surface area contributed by atoms with E-state index in [0.29, 0.717) is 10.7 Å². The molecule has 3 aromatic rings. The zero-order valence-corrected chi connectivity index (χ0v) is 24.5. The van der Waals surface area contributed by atoms with Crippen molar-refractivity contribution in [3.63, 3.8) is 0 Å². The summed E-state index contributed by atoms with van der Waals surface area (Å²) in [5.74, 6) is -0.733. The molecule has 0 spiro atoms. The molecule has 0 aliphatic heterocycles. The van der Waals surface area contributed by atoms with Crippen LogP contribution in [0.1, 0.15) is 50.2 Å². The van der Waals surface area contributed by atoms with Crippen molar-refractivity contribution in [3.8, 4) is 0 Å². The fourth-order valence-corrected chi connectivity index (χ4v) is 6.46. The van der Waals surface area contributed by atoms with Crippen molar-refractivity contribution in [1.82, 2.24) is 10.2 Å². The van der Waals surface area contributed by atoms with Gasteiger partial charge in [-0.15, -0.1) is 0 Å². The van der Waals surface area contributed by atoms with Crippen LogP contribution in [0.3, 0.4) is 0 Å². The van der Waals surface area contributed by atoms with Crippen molar-refractivity contribution in [2.24, 2.45) is 0 Å². The first-order valence-corrected chi connectivity index (χ1v) is 15.5. The summed E-state index contributed by atoms with van der Waals surface area (Å²) in [5, 5.41) is 3.67. The van der Waals surface area contributed by atoms with Crippen LogP contribution in [0.25, 0.3) is 0 Å². The third-order valence-corrected chi connectivity index (χ3v) is 9.36. The van der Waals surface area contributed by atoms with Crippen molar-refractivity contribution >= 4 is 39.1 Å². The lowest BCUT2D eigenvalue weighted by Crippen LogP contribution is -2.53. The monoisotopic (exact) mass is 581 g/mol. The van der Waals surface area contributed by atoms with E-state index >= 15 is 0 Å². The maximum absolute atomic E-state index is 14.0. The van der Waals surface area contributed by atoms with E-state index in [0.717, 1.165) is 47.5 Å². The molecule has 9 heteroatoms. The molecule has 212 valence electrons. The zero-order chi connectivity index (χ0) is 28.7. The van der Waals surface area contributed by atoms with E-state index in [4.69, 9.17) is 11.6 Å². The Morgan fingerprint density at radius 3 is 2.17 bits per heavy atom. The smallest absolute Gasteiger partial charge is 0.264 e. The number of carbonyl (C=O) groups is 2. The van der Waals surface area contributed by atoms with Crippen molar-refractivity contribution in [2.45, 2.75) is 69.5 Å². The molecule has 1 atom stereocenters. The second-order valence-electron chi connectivity index (χ2n) is 10.3. The molecule has 1 saturated carbocycles. The van der Waals surface area contributed by atoms with Crippen LogP contribution >= 0.6 is 11.6 Å². The van der Waals surface area contributed by atoms with Gasteiger partial charge in [-0.1, -0.05) is 78.9 Å². The summed E-state index contributed by atoms with van der Waals surface area (Å²) in [4.78, 5) is 28.9. The van der Waals surface area contributed by atoms with E-state index in [1.807, 2.05) is 6.92 Å². The molecule has 0 heterocycles. The lowest BCUT2D eigenvalue weighted by molar-refractivity contribution is -0.139. The Bertz CT molecular complexity index is 1390. The van der Waals surface area contributed by atoms with Crippen LogP contribution in [0.5, 0.6) is 0 Å². The molecule has 0 radical (unpaired) electrons. The molecule has 1 N–H and O–H groups in total. The molecule has 40 heavy (non-hydrogen) atoms. The van der Waals surface area contributed by atoms with Gasteiger partial charge >= 0.3 is 0 Å². The Balaban J connectivity index is 1.65. The number of carbonyl (C=O) groups excluding carboxylic acids is 2. The molecule has 0 unspecified atom stereocenters. The predicted octanol–water partition coefficient (Wildman–Crippen LogP) is 5.71. The molecular formula is C31H36ClN3O4S. The molecule has 4 rings (SSSR count).